The summed E-state index contributed by atoms with van der Waals surface area (Å²) in [7, 11) is 0. The van der Waals surface area contributed by atoms with Crippen molar-refractivity contribution in [3.05, 3.63) is 29.0 Å². The Kier molecular flexibility index (Phi) is 2.62. The second-order valence-electron chi connectivity index (χ2n) is 5.34. The van der Waals surface area contributed by atoms with Gasteiger partial charge in [-0.25, -0.2) is 4.98 Å². The van der Waals surface area contributed by atoms with Crippen LogP contribution in [0.2, 0.25) is 5.02 Å². The zero-order chi connectivity index (χ0) is 11.9. The quantitative estimate of drug-likeness (QED) is 0.794. The van der Waals surface area contributed by atoms with E-state index >= 15 is 0 Å². The number of hydrogen-bond donors (Lipinski definition) is 1. The first-order valence-corrected chi connectivity index (χ1v) is 6.72. The normalized spacial score (nSPS) is 19.6. The number of imidazole rings is 1. The number of halogens is 1. The molecular weight excluding hydrogens is 232 g/mol. The highest BCUT2D eigenvalue weighted by Gasteiger charge is 2.31. The van der Waals surface area contributed by atoms with Crippen LogP contribution in [0.5, 0.6) is 0 Å². The smallest absolute Gasteiger partial charge is 0.113 e. The number of nitrogens with zero attached hydrogens (tertiary/aromatic N) is 1. The highest BCUT2D eigenvalue weighted by atomic mass is 35.5. The molecule has 1 heterocycles. The number of rotatable bonds is 1. The SMILES string of the molecule is CC1(c2nc3c(Cl)cccc3[nH]2)CCCCC1. The van der Waals surface area contributed by atoms with Gasteiger partial charge in [0.25, 0.3) is 0 Å². The van der Waals surface area contributed by atoms with Gasteiger partial charge >= 0.3 is 0 Å². The van der Waals surface area contributed by atoms with Crippen LogP contribution in [0.25, 0.3) is 11.0 Å². The molecule has 1 aliphatic carbocycles. The Balaban J connectivity index is 2.08. The van der Waals surface area contributed by atoms with Crippen LogP contribution in [0, 0.1) is 0 Å². The van der Waals surface area contributed by atoms with Crippen LogP contribution >= 0.6 is 11.6 Å². The topological polar surface area (TPSA) is 28.7 Å². The highest BCUT2D eigenvalue weighted by molar-refractivity contribution is 6.34. The Morgan fingerprint density at radius 2 is 2.00 bits per heavy atom. The van der Waals surface area contributed by atoms with Gasteiger partial charge in [-0.2, -0.15) is 0 Å². The van der Waals surface area contributed by atoms with E-state index in [-0.39, 0.29) is 5.41 Å². The molecule has 2 aromatic rings. The van der Waals surface area contributed by atoms with Crippen molar-refractivity contribution >= 4 is 22.6 Å². The first-order chi connectivity index (χ1) is 8.19. The molecule has 3 heteroatoms. The second kappa shape index (κ2) is 4.02. The van der Waals surface area contributed by atoms with E-state index in [4.69, 9.17) is 16.6 Å². The Labute approximate surface area is 106 Å². The maximum Gasteiger partial charge on any atom is 0.113 e. The van der Waals surface area contributed by atoms with Crippen molar-refractivity contribution in [3.63, 3.8) is 0 Å². The largest absolute Gasteiger partial charge is 0.341 e. The summed E-state index contributed by atoms with van der Waals surface area (Å²) in [5, 5.41) is 0.740. The zero-order valence-electron chi connectivity index (χ0n) is 10.1. The van der Waals surface area contributed by atoms with Gasteiger partial charge in [-0.3, -0.25) is 0 Å². The van der Waals surface area contributed by atoms with Gasteiger partial charge in [0.1, 0.15) is 11.3 Å². The third kappa shape index (κ3) is 1.85. The van der Waals surface area contributed by atoms with Crippen LogP contribution in [0.4, 0.5) is 0 Å². The van der Waals surface area contributed by atoms with Crippen LogP contribution in [-0.4, -0.2) is 9.97 Å². The molecule has 17 heavy (non-hydrogen) atoms. The molecular formula is C14H17ClN2. The summed E-state index contributed by atoms with van der Waals surface area (Å²) in [6, 6.07) is 5.91. The van der Waals surface area contributed by atoms with Gasteiger partial charge in [0.2, 0.25) is 0 Å². The van der Waals surface area contributed by atoms with Gasteiger partial charge in [0.05, 0.1) is 10.5 Å². The number of nitrogens with one attached hydrogen (secondary N) is 1. The number of hydrogen-bond acceptors (Lipinski definition) is 1. The fraction of sp³-hybridized carbons (Fsp3) is 0.500. The predicted octanol–water partition coefficient (Wildman–Crippen LogP) is 4.44. The minimum absolute atomic E-state index is 0.209. The van der Waals surface area contributed by atoms with Gasteiger partial charge in [-0.15, -0.1) is 0 Å². The van der Waals surface area contributed by atoms with Gasteiger partial charge in [0.15, 0.2) is 0 Å². The summed E-state index contributed by atoms with van der Waals surface area (Å²) in [5.41, 5.74) is 2.18. The Morgan fingerprint density at radius 1 is 1.24 bits per heavy atom. The van der Waals surface area contributed by atoms with E-state index in [1.165, 1.54) is 32.1 Å². The number of fused-ring (bicyclic) bond motifs is 1. The maximum atomic E-state index is 6.17. The van der Waals surface area contributed by atoms with E-state index in [1.807, 2.05) is 18.2 Å². The molecule has 1 saturated carbocycles. The summed E-state index contributed by atoms with van der Waals surface area (Å²) in [4.78, 5) is 8.17. The van der Waals surface area contributed by atoms with Gasteiger partial charge in [-0.05, 0) is 25.0 Å². The molecule has 0 radical (unpaired) electrons. The lowest BCUT2D eigenvalue weighted by molar-refractivity contribution is 0.306. The van der Waals surface area contributed by atoms with Crippen molar-refractivity contribution in [1.82, 2.24) is 9.97 Å². The van der Waals surface area contributed by atoms with Crippen molar-refractivity contribution < 1.29 is 0 Å². The van der Waals surface area contributed by atoms with Crippen LogP contribution in [0.1, 0.15) is 44.9 Å². The molecule has 3 rings (SSSR count). The Hall–Kier alpha value is -1.02. The maximum absolute atomic E-state index is 6.17. The molecule has 1 aromatic heterocycles. The summed E-state index contributed by atoms with van der Waals surface area (Å²) < 4.78 is 0. The average Bonchev–Trinajstić information content (AvgIpc) is 2.76. The fourth-order valence-electron chi connectivity index (χ4n) is 2.85. The number of H-pyrrole nitrogens is 1. The Morgan fingerprint density at radius 3 is 2.71 bits per heavy atom. The first kappa shape index (κ1) is 11.1. The Bertz CT molecular complexity index is 538. The predicted molar refractivity (Wildman–Crippen MR) is 71.5 cm³/mol. The van der Waals surface area contributed by atoms with E-state index < -0.39 is 0 Å². The molecule has 1 aromatic carbocycles. The van der Waals surface area contributed by atoms with E-state index in [1.54, 1.807) is 0 Å². The van der Waals surface area contributed by atoms with E-state index in [9.17, 15) is 0 Å². The lowest BCUT2D eigenvalue weighted by Crippen LogP contribution is -2.26. The molecule has 0 bridgehead atoms. The van der Waals surface area contributed by atoms with Crippen molar-refractivity contribution in [3.8, 4) is 0 Å². The molecule has 2 nitrogen and oxygen atoms in total. The molecule has 0 saturated heterocycles. The van der Waals surface area contributed by atoms with Crippen molar-refractivity contribution in [2.45, 2.75) is 44.4 Å². The summed E-state index contributed by atoms with van der Waals surface area (Å²) in [5.74, 6) is 1.11. The van der Waals surface area contributed by atoms with E-state index in [0.29, 0.717) is 0 Å². The minimum Gasteiger partial charge on any atom is -0.341 e. The summed E-state index contributed by atoms with van der Waals surface area (Å²) in [6.45, 7) is 2.32. The monoisotopic (exact) mass is 248 g/mol. The molecule has 0 spiro atoms. The molecule has 0 aliphatic heterocycles. The second-order valence-corrected chi connectivity index (χ2v) is 5.75. The number of aromatic nitrogens is 2. The zero-order valence-corrected chi connectivity index (χ0v) is 10.8. The van der Waals surface area contributed by atoms with Crippen LogP contribution in [-0.2, 0) is 5.41 Å². The van der Waals surface area contributed by atoms with Crippen LogP contribution in [0.15, 0.2) is 18.2 Å². The average molecular weight is 249 g/mol. The summed E-state index contributed by atoms with van der Waals surface area (Å²) in [6.07, 6.45) is 6.42. The fourth-order valence-corrected chi connectivity index (χ4v) is 3.07. The van der Waals surface area contributed by atoms with Crippen LogP contribution < -0.4 is 0 Å². The molecule has 0 amide bonds. The molecule has 0 unspecified atom stereocenters. The van der Waals surface area contributed by atoms with Gasteiger partial charge < -0.3 is 4.98 Å². The van der Waals surface area contributed by atoms with Gasteiger partial charge in [0, 0.05) is 5.41 Å². The molecule has 1 aliphatic rings. The molecule has 1 fully saturated rings. The molecule has 1 N–H and O–H groups in total. The van der Waals surface area contributed by atoms with E-state index in [2.05, 4.69) is 11.9 Å². The van der Waals surface area contributed by atoms with Gasteiger partial charge in [-0.1, -0.05) is 43.9 Å². The van der Waals surface area contributed by atoms with E-state index in [0.717, 1.165) is 21.9 Å². The molecule has 0 atom stereocenters. The molecule has 90 valence electrons. The third-order valence-electron chi connectivity index (χ3n) is 3.99. The highest BCUT2D eigenvalue weighted by Crippen LogP contribution is 2.38. The number of aromatic amines is 1. The third-order valence-corrected chi connectivity index (χ3v) is 4.30. The summed E-state index contributed by atoms with van der Waals surface area (Å²) >= 11 is 6.17. The number of para-hydroxylation sites is 1. The van der Waals surface area contributed by atoms with Crippen LogP contribution in [0.3, 0.4) is 0 Å². The lowest BCUT2D eigenvalue weighted by Gasteiger charge is -2.31. The first-order valence-electron chi connectivity index (χ1n) is 6.34. The van der Waals surface area contributed by atoms with Crippen molar-refractivity contribution in [2.75, 3.05) is 0 Å². The standard InChI is InChI=1S/C14H17ClN2/c1-14(8-3-2-4-9-14)13-16-11-7-5-6-10(15)12(11)17-13/h5-7H,2-4,8-9H2,1H3,(H,16,17). The van der Waals surface area contributed by atoms with Crippen molar-refractivity contribution in [2.24, 2.45) is 0 Å². The number of benzene rings is 1. The lowest BCUT2D eigenvalue weighted by atomic mass is 9.75. The van der Waals surface area contributed by atoms with Crippen molar-refractivity contribution in [1.29, 1.82) is 0 Å². The minimum atomic E-state index is 0.209.